The first-order valence-electron chi connectivity index (χ1n) is 4.98. The Morgan fingerprint density at radius 3 is 2.60 bits per heavy atom. The highest BCUT2D eigenvalue weighted by molar-refractivity contribution is 8.13. The molecule has 10 heteroatoms. The zero-order valence-electron chi connectivity index (χ0n) is 9.97. The first kappa shape index (κ1) is 16.7. The summed E-state index contributed by atoms with van der Waals surface area (Å²) in [5.41, 5.74) is 0.902. The number of nitro benzene ring substituents is 1. The number of ether oxygens (including phenoxy) is 1. The van der Waals surface area contributed by atoms with Crippen LogP contribution >= 0.6 is 22.3 Å². The third-order valence-electron chi connectivity index (χ3n) is 2.10. The second-order valence-corrected chi connectivity index (χ2v) is 6.45. The number of nitrogens with zero attached hydrogens (tertiary/aromatic N) is 1. The minimum Gasteiger partial charge on any atom is -0.485 e. The Morgan fingerprint density at radius 1 is 1.55 bits per heavy atom. The standard InChI is InChI=1S/C10H8Cl2FNO5S/c1-6(4-11)5-19-10-8(13)2-7(14(15)16)3-9(10)20(12,17)18/h2-4H,5H2,1H3. The Bertz CT molecular complexity index is 674. The minimum absolute atomic E-state index is 0.197. The fourth-order valence-corrected chi connectivity index (χ4v) is 2.24. The van der Waals surface area contributed by atoms with Gasteiger partial charge in [-0.1, -0.05) is 11.6 Å². The van der Waals surface area contributed by atoms with E-state index in [1.54, 1.807) is 6.92 Å². The Balaban J connectivity index is 3.39. The van der Waals surface area contributed by atoms with Crippen LogP contribution in [-0.2, 0) is 9.05 Å². The molecule has 20 heavy (non-hydrogen) atoms. The maximum atomic E-state index is 13.8. The Hall–Kier alpha value is -1.38. The Morgan fingerprint density at radius 2 is 2.15 bits per heavy atom. The number of nitro groups is 1. The predicted octanol–water partition coefficient (Wildman–Crippen LogP) is 3.18. The normalized spacial score (nSPS) is 12.3. The van der Waals surface area contributed by atoms with Crippen LogP contribution in [0.4, 0.5) is 10.1 Å². The number of hydrogen-bond acceptors (Lipinski definition) is 5. The van der Waals surface area contributed by atoms with Crippen molar-refractivity contribution in [3.63, 3.8) is 0 Å². The molecule has 6 nitrogen and oxygen atoms in total. The molecule has 0 atom stereocenters. The molecule has 1 aromatic carbocycles. The molecular weight excluding hydrogens is 336 g/mol. The second-order valence-electron chi connectivity index (χ2n) is 3.69. The van der Waals surface area contributed by atoms with Crippen LogP contribution in [0, 0.1) is 15.9 Å². The molecule has 0 aromatic heterocycles. The van der Waals surface area contributed by atoms with Gasteiger partial charge in [0.05, 0.1) is 11.0 Å². The van der Waals surface area contributed by atoms with Gasteiger partial charge in [0.25, 0.3) is 14.7 Å². The van der Waals surface area contributed by atoms with Gasteiger partial charge in [0.1, 0.15) is 11.5 Å². The van der Waals surface area contributed by atoms with Crippen molar-refractivity contribution in [2.24, 2.45) is 0 Å². The van der Waals surface area contributed by atoms with Crippen LogP contribution in [0.15, 0.2) is 28.1 Å². The third kappa shape index (κ3) is 4.06. The fourth-order valence-electron chi connectivity index (χ4n) is 1.20. The predicted molar refractivity (Wildman–Crippen MR) is 71.2 cm³/mol. The van der Waals surface area contributed by atoms with Crippen LogP contribution in [0.2, 0.25) is 0 Å². The van der Waals surface area contributed by atoms with Gasteiger partial charge in [-0.3, -0.25) is 10.1 Å². The number of halogens is 3. The fraction of sp³-hybridized carbons (Fsp3) is 0.200. The van der Waals surface area contributed by atoms with Crippen LogP contribution in [0.1, 0.15) is 6.92 Å². The number of benzene rings is 1. The summed E-state index contributed by atoms with van der Waals surface area (Å²) in [6.45, 7) is 1.36. The maximum absolute atomic E-state index is 13.8. The molecule has 0 aliphatic rings. The van der Waals surface area contributed by atoms with E-state index in [-0.39, 0.29) is 6.61 Å². The van der Waals surface area contributed by atoms with E-state index in [1.165, 1.54) is 0 Å². The molecule has 0 unspecified atom stereocenters. The van der Waals surface area contributed by atoms with Crippen molar-refractivity contribution in [1.82, 2.24) is 0 Å². The van der Waals surface area contributed by atoms with Crippen LogP contribution < -0.4 is 4.74 Å². The molecule has 0 N–H and O–H groups in total. The summed E-state index contributed by atoms with van der Waals surface area (Å²) in [6.07, 6.45) is 0. The summed E-state index contributed by atoms with van der Waals surface area (Å²) in [7, 11) is 0.708. The quantitative estimate of drug-likeness (QED) is 0.465. The van der Waals surface area contributed by atoms with Gasteiger partial charge >= 0.3 is 0 Å². The summed E-state index contributed by atoms with van der Waals surface area (Å²) >= 11 is 5.39. The summed E-state index contributed by atoms with van der Waals surface area (Å²) in [5.74, 6) is -1.90. The van der Waals surface area contributed by atoms with Gasteiger partial charge in [0, 0.05) is 22.3 Å². The van der Waals surface area contributed by atoms with E-state index in [0.717, 1.165) is 5.54 Å². The molecule has 0 radical (unpaired) electrons. The van der Waals surface area contributed by atoms with E-state index in [1.807, 2.05) is 0 Å². The van der Waals surface area contributed by atoms with Crippen LogP contribution in [0.25, 0.3) is 0 Å². The van der Waals surface area contributed by atoms with Crippen molar-refractivity contribution >= 4 is 37.0 Å². The lowest BCUT2D eigenvalue weighted by Crippen LogP contribution is -2.06. The van der Waals surface area contributed by atoms with Crippen molar-refractivity contribution in [2.45, 2.75) is 11.8 Å². The topological polar surface area (TPSA) is 86.5 Å². The summed E-state index contributed by atoms with van der Waals surface area (Å²) in [5, 5.41) is 10.6. The molecule has 1 aromatic rings. The van der Waals surface area contributed by atoms with E-state index in [0.29, 0.717) is 17.7 Å². The van der Waals surface area contributed by atoms with Crippen LogP contribution in [0.5, 0.6) is 5.75 Å². The van der Waals surface area contributed by atoms with Crippen molar-refractivity contribution in [2.75, 3.05) is 6.61 Å². The molecule has 0 aliphatic heterocycles. The molecule has 110 valence electrons. The minimum atomic E-state index is -4.42. The smallest absolute Gasteiger partial charge is 0.273 e. The van der Waals surface area contributed by atoms with E-state index in [4.69, 9.17) is 27.0 Å². The molecule has 0 amide bonds. The molecule has 0 heterocycles. The van der Waals surface area contributed by atoms with E-state index < -0.39 is 36.1 Å². The maximum Gasteiger partial charge on any atom is 0.273 e. The highest BCUT2D eigenvalue weighted by Gasteiger charge is 2.25. The van der Waals surface area contributed by atoms with Crippen LogP contribution in [-0.4, -0.2) is 19.9 Å². The highest BCUT2D eigenvalue weighted by Crippen LogP contribution is 2.34. The second kappa shape index (κ2) is 6.38. The molecule has 0 saturated heterocycles. The van der Waals surface area contributed by atoms with E-state index in [2.05, 4.69) is 0 Å². The van der Waals surface area contributed by atoms with Crippen molar-refractivity contribution in [3.8, 4) is 5.75 Å². The van der Waals surface area contributed by atoms with Gasteiger partial charge < -0.3 is 4.74 Å². The average Bonchev–Trinajstić information content (AvgIpc) is 2.34. The lowest BCUT2D eigenvalue weighted by atomic mass is 10.3. The summed E-state index contributed by atoms with van der Waals surface area (Å²) < 4.78 is 41.4. The largest absolute Gasteiger partial charge is 0.485 e. The molecule has 0 bridgehead atoms. The summed E-state index contributed by atoms with van der Waals surface area (Å²) in [4.78, 5) is 8.84. The average molecular weight is 344 g/mol. The van der Waals surface area contributed by atoms with Crippen molar-refractivity contribution < 1.29 is 22.5 Å². The SMILES string of the molecule is CC(=CCl)COc1c(F)cc([N+](=O)[O-])cc1S(=O)(=O)Cl. The summed E-state index contributed by atoms with van der Waals surface area (Å²) in [6, 6.07) is 1.17. The number of non-ortho nitro benzene ring substituents is 1. The van der Waals surface area contributed by atoms with Gasteiger partial charge in [0.2, 0.25) is 0 Å². The highest BCUT2D eigenvalue weighted by atomic mass is 35.7. The van der Waals surface area contributed by atoms with Gasteiger partial charge in [-0.15, -0.1) is 0 Å². The third-order valence-corrected chi connectivity index (χ3v) is 3.80. The first-order valence-corrected chi connectivity index (χ1v) is 7.72. The monoisotopic (exact) mass is 343 g/mol. The lowest BCUT2D eigenvalue weighted by molar-refractivity contribution is -0.385. The van der Waals surface area contributed by atoms with Gasteiger partial charge in [-0.05, 0) is 12.5 Å². The Labute approximate surface area is 123 Å². The van der Waals surface area contributed by atoms with E-state index in [9.17, 15) is 22.9 Å². The molecule has 0 aliphatic carbocycles. The van der Waals surface area contributed by atoms with Gasteiger partial charge in [-0.25, -0.2) is 12.8 Å². The molecule has 1 rings (SSSR count). The lowest BCUT2D eigenvalue weighted by Gasteiger charge is -2.10. The van der Waals surface area contributed by atoms with Crippen molar-refractivity contribution in [1.29, 1.82) is 0 Å². The zero-order valence-corrected chi connectivity index (χ0v) is 12.3. The van der Waals surface area contributed by atoms with Gasteiger partial charge in [0.15, 0.2) is 11.6 Å². The molecule has 0 fully saturated rings. The molecule has 0 saturated carbocycles. The molecular formula is C10H8Cl2FNO5S. The number of hydrogen-bond donors (Lipinski definition) is 0. The van der Waals surface area contributed by atoms with Gasteiger partial charge in [-0.2, -0.15) is 0 Å². The first-order chi connectivity index (χ1) is 9.16. The van der Waals surface area contributed by atoms with E-state index >= 15 is 0 Å². The molecule has 0 spiro atoms. The number of rotatable bonds is 5. The zero-order chi connectivity index (χ0) is 15.5. The van der Waals surface area contributed by atoms with Crippen LogP contribution in [0.3, 0.4) is 0 Å². The Kier molecular flexibility index (Phi) is 5.32. The van der Waals surface area contributed by atoms with Crippen molar-refractivity contribution in [3.05, 3.63) is 39.2 Å².